The molecule has 62 heavy (non-hydrogen) atoms. The SMILES string of the molecule is CC1(C)OC[C@H]([C@@H](OCc2ccccc2)[C@H](O)[C@@](O)(CO)C[C@H]2O[C@H](COCc3ccccc3)[C@@H](OCc3ccccc3)[C@H](OCc3ccccc3)[C@H]2OCc2ccccc2)O1. The van der Waals surface area contributed by atoms with E-state index in [0.29, 0.717) is 6.61 Å². The average molecular weight is 849 g/mol. The predicted molar refractivity (Wildman–Crippen MR) is 232 cm³/mol. The van der Waals surface area contributed by atoms with Gasteiger partial charge in [0.1, 0.15) is 48.3 Å². The minimum atomic E-state index is -2.19. The van der Waals surface area contributed by atoms with Gasteiger partial charge in [0.05, 0.1) is 59.0 Å². The van der Waals surface area contributed by atoms with Gasteiger partial charge in [-0.1, -0.05) is 152 Å². The molecule has 7 rings (SSSR count). The van der Waals surface area contributed by atoms with Crippen molar-refractivity contribution >= 4 is 0 Å². The first-order valence-corrected chi connectivity index (χ1v) is 21.4. The summed E-state index contributed by atoms with van der Waals surface area (Å²) < 4.78 is 52.4. The number of aliphatic hydroxyl groups is 3. The Bertz CT molecular complexity index is 2010. The van der Waals surface area contributed by atoms with E-state index >= 15 is 0 Å². The predicted octanol–water partition coefficient (Wildman–Crippen LogP) is 6.94. The monoisotopic (exact) mass is 848 g/mol. The Balaban J connectivity index is 1.23. The Morgan fingerprint density at radius 2 is 1.02 bits per heavy atom. The van der Waals surface area contributed by atoms with Gasteiger partial charge in [-0.05, 0) is 41.7 Å². The zero-order valence-electron chi connectivity index (χ0n) is 35.5. The van der Waals surface area contributed by atoms with E-state index < -0.39 is 66.8 Å². The number of hydrogen-bond donors (Lipinski definition) is 3. The molecule has 0 radical (unpaired) electrons. The third-order valence-corrected chi connectivity index (χ3v) is 11.4. The molecule has 5 aromatic carbocycles. The fourth-order valence-corrected chi connectivity index (χ4v) is 8.03. The minimum absolute atomic E-state index is 0.102. The summed E-state index contributed by atoms with van der Waals surface area (Å²) in [6, 6.07) is 48.9. The lowest BCUT2D eigenvalue weighted by molar-refractivity contribution is -0.286. The second-order valence-electron chi connectivity index (χ2n) is 16.5. The Labute approximate surface area is 365 Å². The lowest BCUT2D eigenvalue weighted by Gasteiger charge is -2.48. The van der Waals surface area contributed by atoms with Crippen LogP contribution in [0, 0.1) is 0 Å². The molecule has 9 atom stereocenters. The van der Waals surface area contributed by atoms with Crippen LogP contribution in [-0.2, 0) is 70.9 Å². The molecule has 2 heterocycles. The molecule has 2 saturated heterocycles. The quantitative estimate of drug-likeness (QED) is 0.0669. The van der Waals surface area contributed by atoms with E-state index in [1.807, 2.05) is 152 Å². The van der Waals surface area contributed by atoms with Gasteiger partial charge in [-0.15, -0.1) is 0 Å². The fraction of sp³-hybridized carbons (Fsp3) is 0.412. The number of hydrogen-bond acceptors (Lipinski definition) is 11. The van der Waals surface area contributed by atoms with Crippen molar-refractivity contribution in [3.05, 3.63) is 179 Å². The van der Waals surface area contributed by atoms with Gasteiger partial charge in [0.25, 0.3) is 0 Å². The molecule has 0 amide bonds. The Morgan fingerprint density at radius 3 is 1.45 bits per heavy atom. The molecule has 0 saturated carbocycles. The van der Waals surface area contributed by atoms with Crippen LogP contribution in [0.15, 0.2) is 152 Å². The smallest absolute Gasteiger partial charge is 0.163 e. The topological polar surface area (TPSA) is 135 Å². The zero-order chi connectivity index (χ0) is 43.2. The maximum atomic E-state index is 12.6. The molecular weight excluding hydrogens is 789 g/mol. The molecule has 2 fully saturated rings. The van der Waals surface area contributed by atoms with E-state index in [1.165, 1.54) is 0 Å². The normalized spacial score (nSPS) is 24.3. The van der Waals surface area contributed by atoms with Gasteiger partial charge in [0.2, 0.25) is 0 Å². The number of benzene rings is 5. The summed E-state index contributed by atoms with van der Waals surface area (Å²) in [4.78, 5) is 0. The van der Waals surface area contributed by atoms with Gasteiger partial charge in [-0.25, -0.2) is 0 Å². The van der Waals surface area contributed by atoms with Gasteiger partial charge >= 0.3 is 0 Å². The number of ether oxygens (including phenoxy) is 8. The maximum Gasteiger partial charge on any atom is 0.163 e. The fourth-order valence-electron chi connectivity index (χ4n) is 8.03. The molecule has 330 valence electrons. The summed E-state index contributed by atoms with van der Waals surface area (Å²) >= 11 is 0. The van der Waals surface area contributed by atoms with Crippen LogP contribution < -0.4 is 0 Å². The molecule has 0 spiro atoms. The highest BCUT2D eigenvalue weighted by molar-refractivity contribution is 5.18. The molecule has 2 aliphatic heterocycles. The highest BCUT2D eigenvalue weighted by Gasteiger charge is 2.54. The summed E-state index contributed by atoms with van der Waals surface area (Å²) in [7, 11) is 0. The standard InChI is InChI=1S/C51H60O11/c1-50(2)60-35-44(62-50)47(58-32-40-24-14-6-15-25-40)49(53)51(54,36-52)28-42-45(56-30-38-20-10-4-11-21-38)48(59-33-41-26-16-7-17-27-41)46(57-31-39-22-12-5-13-23-39)43(61-42)34-55-29-37-18-8-3-9-19-37/h3-27,42-49,52-54H,28-36H2,1-2H3/t42-,43-,44-,45+,46-,47-,48-,49+,51+/m1/s1. The molecule has 5 aromatic rings. The third-order valence-electron chi connectivity index (χ3n) is 11.4. The van der Waals surface area contributed by atoms with Crippen LogP contribution in [-0.4, -0.2) is 95.4 Å². The molecule has 0 aromatic heterocycles. The van der Waals surface area contributed by atoms with Crippen molar-refractivity contribution in [2.75, 3.05) is 19.8 Å². The molecule has 11 nitrogen and oxygen atoms in total. The third kappa shape index (κ3) is 12.6. The Morgan fingerprint density at radius 1 is 0.597 bits per heavy atom. The molecule has 0 bridgehead atoms. The first-order valence-electron chi connectivity index (χ1n) is 21.4. The highest BCUT2D eigenvalue weighted by Crippen LogP contribution is 2.37. The van der Waals surface area contributed by atoms with E-state index in [2.05, 4.69) is 0 Å². The average Bonchev–Trinajstić information content (AvgIpc) is 3.67. The van der Waals surface area contributed by atoms with Crippen molar-refractivity contribution in [3.63, 3.8) is 0 Å². The lowest BCUT2D eigenvalue weighted by Crippen LogP contribution is -2.65. The van der Waals surface area contributed by atoms with Crippen molar-refractivity contribution in [1.29, 1.82) is 0 Å². The first kappa shape index (κ1) is 45.7. The number of aliphatic hydroxyl groups excluding tert-OH is 2. The first-order chi connectivity index (χ1) is 30.2. The van der Waals surface area contributed by atoms with E-state index in [4.69, 9.17) is 37.9 Å². The van der Waals surface area contributed by atoms with Crippen molar-refractivity contribution in [2.24, 2.45) is 0 Å². The molecule has 3 N–H and O–H groups in total. The molecule has 11 heteroatoms. The van der Waals surface area contributed by atoms with Crippen molar-refractivity contribution < 1.29 is 53.2 Å². The molecule has 0 aliphatic carbocycles. The van der Waals surface area contributed by atoms with Crippen molar-refractivity contribution in [3.8, 4) is 0 Å². The van der Waals surface area contributed by atoms with E-state index in [0.717, 1.165) is 27.8 Å². The van der Waals surface area contributed by atoms with Gasteiger partial charge in [-0.2, -0.15) is 0 Å². The second kappa shape index (κ2) is 22.3. The maximum absolute atomic E-state index is 12.6. The van der Waals surface area contributed by atoms with Gasteiger partial charge in [0.15, 0.2) is 5.79 Å². The summed E-state index contributed by atoms with van der Waals surface area (Å²) in [5.41, 5.74) is 2.48. The van der Waals surface area contributed by atoms with Gasteiger partial charge in [-0.3, -0.25) is 0 Å². The lowest BCUT2D eigenvalue weighted by atomic mass is 9.82. The van der Waals surface area contributed by atoms with Crippen LogP contribution in [0.25, 0.3) is 0 Å². The Hall–Kier alpha value is -4.34. The molecule has 0 unspecified atom stereocenters. The van der Waals surface area contributed by atoms with Crippen LogP contribution in [0.5, 0.6) is 0 Å². The minimum Gasteiger partial charge on any atom is -0.393 e. The van der Waals surface area contributed by atoms with Gasteiger partial charge < -0.3 is 53.2 Å². The zero-order valence-corrected chi connectivity index (χ0v) is 35.5. The van der Waals surface area contributed by atoms with Crippen molar-refractivity contribution in [2.45, 2.75) is 114 Å². The summed E-state index contributed by atoms with van der Waals surface area (Å²) in [6.07, 6.45) is -7.88. The summed E-state index contributed by atoms with van der Waals surface area (Å²) in [6.45, 7) is 4.03. The van der Waals surface area contributed by atoms with Crippen LogP contribution in [0.2, 0.25) is 0 Å². The van der Waals surface area contributed by atoms with E-state index in [1.54, 1.807) is 13.8 Å². The summed E-state index contributed by atoms with van der Waals surface area (Å²) in [5.74, 6) is -0.954. The van der Waals surface area contributed by atoms with Crippen LogP contribution in [0.4, 0.5) is 0 Å². The highest BCUT2D eigenvalue weighted by atomic mass is 16.8. The van der Waals surface area contributed by atoms with Crippen LogP contribution >= 0.6 is 0 Å². The Kier molecular flexibility index (Phi) is 16.5. The van der Waals surface area contributed by atoms with Gasteiger partial charge in [0, 0.05) is 6.42 Å². The molecular formula is C51H60O11. The van der Waals surface area contributed by atoms with Crippen LogP contribution in [0.1, 0.15) is 48.1 Å². The number of rotatable bonds is 22. The van der Waals surface area contributed by atoms with Crippen molar-refractivity contribution in [1.82, 2.24) is 0 Å². The largest absolute Gasteiger partial charge is 0.393 e. The van der Waals surface area contributed by atoms with Crippen LogP contribution in [0.3, 0.4) is 0 Å². The molecule has 2 aliphatic rings. The van der Waals surface area contributed by atoms with E-state index in [-0.39, 0.29) is 46.1 Å². The van der Waals surface area contributed by atoms with E-state index in [9.17, 15) is 15.3 Å². The summed E-state index contributed by atoms with van der Waals surface area (Å²) in [5, 5.41) is 36.1. The second-order valence-corrected chi connectivity index (χ2v) is 16.5.